The summed E-state index contributed by atoms with van der Waals surface area (Å²) in [5.41, 5.74) is 1.44. The van der Waals surface area contributed by atoms with Crippen molar-refractivity contribution in [3.63, 3.8) is 0 Å². The summed E-state index contributed by atoms with van der Waals surface area (Å²) < 4.78 is 28.5. The van der Waals surface area contributed by atoms with Gasteiger partial charge in [0.2, 0.25) is 10.0 Å². The Balaban J connectivity index is 1.22. The smallest absolute Gasteiger partial charge is 0.253 e. The number of fused-ring (bicyclic) bond motifs is 1. The molecular formula is C24H27ClN4O3S2. The maximum atomic E-state index is 13.0. The van der Waals surface area contributed by atoms with Crippen molar-refractivity contribution in [1.29, 1.82) is 0 Å². The second kappa shape index (κ2) is 9.45. The Hall–Kier alpha value is -2.20. The molecule has 5 rings (SSSR count). The normalized spacial score (nSPS) is 18.5. The fourth-order valence-electron chi connectivity index (χ4n) is 4.45. The summed E-state index contributed by atoms with van der Waals surface area (Å²) in [5.74, 6) is 0.478. The van der Waals surface area contributed by atoms with E-state index < -0.39 is 10.0 Å². The first-order valence-corrected chi connectivity index (χ1v) is 14.2. The first kappa shape index (κ1) is 23.5. The molecule has 3 heterocycles. The molecule has 180 valence electrons. The van der Waals surface area contributed by atoms with Crippen LogP contribution >= 0.6 is 22.9 Å². The van der Waals surface area contributed by atoms with E-state index in [4.69, 9.17) is 16.6 Å². The van der Waals surface area contributed by atoms with E-state index in [0.29, 0.717) is 55.8 Å². The van der Waals surface area contributed by atoms with E-state index in [1.165, 1.54) is 0 Å². The van der Waals surface area contributed by atoms with Crippen LogP contribution in [0.2, 0.25) is 5.02 Å². The molecule has 2 aliphatic heterocycles. The molecule has 0 spiro atoms. The number of benzene rings is 2. The number of carbonyl (C=O) groups is 1. The van der Waals surface area contributed by atoms with Crippen molar-refractivity contribution in [2.75, 3.05) is 44.2 Å². The molecular weight excluding hydrogens is 492 g/mol. The van der Waals surface area contributed by atoms with Gasteiger partial charge in [-0.3, -0.25) is 4.79 Å². The molecule has 0 saturated carbocycles. The number of anilines is 1. The van der Waals surface area contributed by atoms with Gasteiger partial charge in [0.25, 0.3) is 5.91 Å². The summed E-state index contributed by atoms with van der Waals surface area (Å²) in [6, 6.07) is 12.1. The van der Waals surface area contributed by atoms with Gasteiger partial charge in [-0.25, -0.2) is 13.4 Å². The van der Waals surface area contributed by atoms with Crippen molar-refractivity contribution in [3.05, 3.63) is 53.1 Å². The SMILES string of the molecule is CC1CCN(S(=O)(=O)c2ccc(C(=O)N3CCN(c4nc5ccc(Cl)cc5s4)CC3)cc2)CC1. The van der Waals surface area contributed by atoms with Crippen LogP contribution in [-0.2, 0) is 10.0 Å². The lowest BCUT2D eigenvalue weighted by molar-refractivity contribution is 0.0746. The zero-order valence-corrected chi connectivity index (χ0v) is 21.4. The van der Waals surface area contributed by atoms with Crippen molar-refractivity contribution in [2.24, 2.45) is 5.92 Å². The predicted octanol–water partition coefficient (Wildman–Crippen LogP) is 4.33. The second-order valence-electron chi connectivity index (χ2n) is 9.00. The third-order valence-corrected chi connectivity index (χ3v) is 9.89. The molecule has 0 unspecified atom stereocenters. The molecule has 2 fully saturated rings. The molecule has 2 aliphatic rings. The number of hydrogen-bond donors (Lipinski definition) is 0. The van der Waals surface area contributed by atoms with E-state index in [-0.39, 0.29) is 10.8 Å². The van der Waals surface area contributed by atoms with E-state index in [1.54, 1.807) is 39.9 Å². The monoisotopic (exact) mass is 518 g/mol. The number of hydrogen-bond acceptors (Lipinski definition) is 6. The molecule has 3 aromatic rings. The number of halogens is 1. The van der Waals surface area contributed by atoms with Gasteiger partial charge in [-0.05, 0) is 61.2 Å². The first-order valence-electron chi connectivity index (χ1n) is 11.5. The zero-order valence-electron chi connectivity index (χ0n) is 19.0. The summed E-state index contributed by atoms with van der Waals surface area (Å²) in [6.07, 6.45) is 1.76. The van der Waals surface area contributed by atoms with Crippen LogP contribution in [0, 0.1) is 5.92 Å². The molecule has 1 amide bonds. The highest BCUT2D eigenvalue weighted by molar-refractivity contribution is 7.89. The van der Waals surface area contributed by atoms with Gasteiger partial charge in [0.1, 0.15) is 0 Å². The maximum absolute atomic E-state index is 13.0. The number of thiazole rings is 1. The minimum Gasteiger partial charge on any atom is -0.345 e. The molecule has 10 heteroatoms. The van der Waals surface area contributed by atoms with Crippen molar-refractivity contribution >= 4 is 54.2 Å². The number of aromatic nitrogens is 1. The third kappa shape index (κ3) is 4.66. The molecule has 0 aliphatic carbocycles. The van der Waals surface area contributed by atoms with Crippen LogP contribution in [0.3, 0.4) is 0 Å². The number of sulfonamides is 1. The van der Waals surface area contributed by atoms with Gasteiger partial charge in [0, 0.05) is 49.9 Å². The number of amides is 1. The minimum atomic E-state index is -3.52. The minimum absolute atomic E-state index is 0.0773. The van der Waals surface area contributed by atoms with Crippen molar-refractivity contribution < 1.29 is 13.2 Å². The summed E-state index contributed by atoms with van der Waals surface area (Å²) in [7, 11) is -3.52. The van der Waals surface area contributed by atoms with Gasteiger partial charge < -0.3 is 9.80 Å². The number of piperazine rings is 1. The number of carbonyl (C=O) groups excluding carboxylic acids is 1. The molecule has 0 atom stereocenters. The predicted molar refractivity (Wildman–Crippen MR) is 136 cm³/mol. The van der Waals surface area contributed by atoms with Gasteiger partial charge in [0.15, 0.2) is 5.13 Å². The van der Waals surface area contributed by atoms with Crippen LogP contribution < -0.4 is 4.90 Å². The van der Waals surface area contributed by atoms with Crippen molar-refractivity contribution in [2.45, 2.75) is 24.7 Å². The van der Waals surface area contributed by atoms with E-state index in [0.717, 1.165) is 28.2 Å². The standard InChI is InChI=1S/C24H27ClN4O3S2/c1-17-8-10-29(11-9-17)34(31,32)20-5-2-18(3-6-20)23(30)27-12-14-28(15-13-27)24-26-21-7-4-19(25)16-22(21)33-24/h2-7,16-17H,8-15H2,1H3. The van der Waals surface area contributed by atoms with Crippen LogP contribution in [0.1, 0.15) is 30.1 Å². The Morgan fingerprint density at radius 3 is 2.35 bits per heavy atom. The molecule has 0 bridgehead atoms. The Morgan fingerprint density at radius 2 is 1.68 bits per heavy atom. The van der Waals surface area contributed by atoms with Gasteiger partial charge in [-0.15, -0.1) is 0 Å². The van der Waals surface area contributed by atoms with E-state index in [2.05, 4.69) is 11.8 Å². The molecule has 1 aromatic heterocycles. The average Bonchev–Trinajstić information content (AvgIpc) is 3.27. The Labute approximate surface area is 209 Å². The zero-order chi connectivity index (χ0) is 23.9. The third-order valence-electron chi connectivity index (χ3n) is 6.66. The average molecular weight is 519 g/mol. The Bertz CT molecular complexity index is 1290. The summed E-state index contributed by atoms with van der Waals surface area (Å²) >= 11 is 7.70. The van der Waals surface area contributed by atoms with Gasteiger partial charge >= 0.3 is 0 Å². The Kier molecular flexibility index (Phi) is 6.54. The second-order valence-corrected chi connectivity index (χ2v) is 12.4. The molecule has 7 nitrogen and oxygen atoms in total. The molecule has 0 N–H and O–H groups in total. The largest absolute Gasteiger partial charge is 0.345 e. The topological polar surface area (TPSA) is 73.8 Å². The van der Waals surface area contributed by atoms with E-state index >= 15 is 0 Å². The first-order chi connectivity index (χ1) is 16.3. The number of nitrogens with zero attached hydrogens (tertiary/aromatic N) is 4. The lowest BCUT2D eigenvalue weighted by Gasteiger charge is -2.34. The van der Waals surface area contributed by atoms with Gasteiger partial charge in [-0.1, -0.05) is 29.9 Å². The summed E-state index contributed by atoms with van der Waals surface area (Å²) in [4.78, 5) is 22.0. The van der Waals surface area contributed by atoms with Crippen LogP contribution in [0.15, 0.2) is 47.4 Å². The van der Waals surface area contributed by atoms with Crippen molar-refractivity contribution in [3.8, 4) is 0 Å². The lowest BCUT2D eigenvalue weighted by Crippen LogP contribution is -2.48. The molecule has 34 heavy (non-hydrogen) atoms. The molecule has 2 aromatic carbocycles. The molecule has 0 radical (unpaired) electrons. The fourth-order valence-corrected chi connectivity index (χ4v) is 7.21. The highest BCUT2D eigenvalue weighted by Crippen LogP contribution is 2.31. The van der Waals surface area contributed by atoms with Crippen molar-refractivity contribution in [1.82, 2.24) is 14.2 Å². The number of rotatable bonds is 4. The molecule has 2 saturated heterocycles. The van der Waals surface area contributed by atoms with Crippen LogP contribution in [0.4, 0.5) is 5.13 Å². The summed E-state index contributed by atoms with van der Waals surface area (Å²) in [6.45, 7) is 5.81. The number of piperidine rings is 1. The fraction of sp³-hybridized carbons (Fsp3) is 0.417. The van der Waals surface area contributed by atoms with E-state index in [1.807, 2.05) is 23.1 Å². The quantitative estimate of drug-likeness (QED) is 0.514. The van der Waals surface area contributed by atoms with Gasteiger partial charge in [0.05, 0.1) is 15.1 Å². The lowest BCUT2D eigenvalue weighted by atomic mass is 10.0. The van der Waals surface area contributed by atoms with Crippen LogP contribution in [0.5, 0.6) is 0 Å². The summed E-state index contributed by atoms with van der Waals surface area (Å²) in [5, 5.41) is 1.63. The Morgan fingerprint density at radius 1 is 1.00 bits per heavy atom. The van der Waals surface area contributed by atoms with Crippen LogP contribution in [-0.4, -0.2) is 67.8 Å². The van der Waals surface area contributed by atoms with Crippen LogP contribution in [0.25, 0.3) is 10.2 Å². The highest BCUT2D eigenvalue weighted by atomic mass is 35.5. The van der Waals surface area contributed by atoms with E-state index in [9.17, 15) is 13.2 Å². The highest BCUT2D eigenvalue weighted by Gasteiger charge is 2.29. The maximum Gasteiger partial charge on any atom is 0.253 e. The van der Waals surface area contributed by atoms with Gasteiger partial charge in [-0.2, -0.15) is 4.31 Å².